The molecule has 162 valence electrons. The fourth-order valence-electron chi connectivity index (χ4n) is 4.88. The first-order valence-electron chi connectivity index (χ1n) is 10.7. The second-order valence-electron chi connectivity index (χ2n) is 8.35. The number of amides is 2. The van der Waals surface area contributed by atoms with E-state index >= 15 is 0 Å². The first kappa shape index (κ1) is 20.2. The summed E-state index contributed by atoms with van der Waals surface area (Å²) in [5.74, 6) is 0.393. The van der Waals surface area contributed by atoms with Gasteiger partial charge in [-0.2, -0.15) is 0 Å². The van der Waals surface area contributed by atoms with Crippen molar-refractivity contribution in [3.05, 3.63) is 53.8 Å². The highest BCUT2D eigenvalue weighted by Gasteiger charge is 2.39. The molecule has 2 bridgehead atoms. The Bertz CT molecular complexity index is 1070. The fraction of sp³-hybridized carbons (Fsp3) is 0.391. The Kier molecular flexibility index (Phi) is 5.50. The number of nitrogens with two attached hydrogens (primary N) is 1. The zero-order valence-electron chi connectivity index (χ0n) is 17.1. The number of piperidine rings is 2. The topological polar surface area (TPSA) is 80.5 Å². The molecule has 0 radical (unpaired) electrons. The van der Waals surface area contributed by atoms with Crippen LogP contribution in [0.3, 0.4) is 0 Å². The number of primary amides is 1. The first-order valence-corrected chi connectivity index (χ1v) is 11.5. The lowest BCUT2D eigenvalue weighted by molar-refractivity contribution is 0.0589. The SMILES string of the molecule is NC(=O)N1[C@@H]2CCC[C@H]1CC(NCc1ccc(Oc3nc4cccc(F)c4s3)cc1)C2. The van der Waals surface area contributed by atoms with E-state index in [2.05, 4.69) is 10.3 Å². The van der Waals surface area contributed by atoms with Crippen molar-refractivity contribution in [1.29, 1.82) is 0 Å². The molecule has 2 aromatic carbocycles. The van der Waals surface area contributed by atoms with Gasteiger partial charge in [0.1, 0.15) is 11.6 Å². The predicted molar refractivity (Wildman–Crippen MR) is 119 cm³/mol. The third kappa shape index (κ3) is 4.22. The van der Waals surface area contributed by atoms with Crippen molar-refractivity contribution in [2.45, 2.75) is 56.8 Å². The molecule has 2 aliphatic heterocycles. The Morgan fingerprint density at radius 2 is 1.94 bits per heavy atom. The van der Waals surface area contributed by atoms with Gasteiger partial charge in [0.05, 0.1) is 10.2 Å². The molecule has 2 saturated heterocycles. The molecule has 3 heterocycles. The Labute approximate surface area is 184 Å². The summed E-state index contributed by atoms with van der Waals surface area (Å²) >= 11 is 1.20. The molecule has 2 amide bonds. The lowest BCUT2D eigenvalue weighted by Crippen LogP contribution is -2.59. The number of nitrogens with zero attached hydrogens (tertiary/aromatic N) is 2. The minimum Gasteiger partial charge on any atom is -0.431 e. The largest absolute Gasteiger partial charge is 0.431 e. The van der Waals surface area contributed by atoms with Crippen LogP contribution in [-0.2, 0) is 6.54 Å². The molecule has 0 spiro atoms. The number of hydrogen-bond acceptors (Lipinski definition) is 5. The van der Waals surface area contributed by atoms with Crippen molar-refractivity contribution >= 4 is 27.6 Å². The van der Waals surface area contributed by atoms with Gasteiger partial charge in [-0.05, 0) is 61.9 Å². The average molecular weight is 441 g/mol. The third-order valence-corrected chi connectivity index (χ3v) is 7.26. The number of hydrogen-bond donors (Lipinski definition) is 2. The number of thiazole rings is 1. The molecule has 0 aliphatic carbocycles. The van der Waals surface area contributed by atoms with Crippen LogP contribution < -0.4 is 15.8 Å². The number of nitrogens with one attached hydrogen (secondary N) is 1. The molecule has 3 N–H and O–H groups in total. The van der Waals surface area contributed by atoms with Crippen molar-refractivity contribution in [2.75, 3.05) is 0 Å². The van der Waals surface area contributed by atoms with E-state index in [1.807, 2.05) is 29.2 Å². The van der Waals surface area contributed by atoms with Crippen LogP contribution in [-0.4, -0.2) is 34.0 Å². The molecular weight excluding hydrogens is 415 g/mol. The molecule has 2 aliphatic rings. The number of ether oxygens (including phenoxy) is 1. The summed E-state index contributed by atoms with van der Waals surface area (Å²) in [5, 5.41) is 4.08. The maximum Gasteiger partial charge on any atom is 0.315 e. The number of benzene rings is 2. The van der Waals surface area contributed by atoms with Crippen molar-refractivity contribution in [3.8, 4) is 10.9 Å². The third-order valence-electron chi connectivity index (χ3n) is 6.30. The number of fused-ring (bicyclic) bond motifs is 3. The first-order chi connectivity index (χ1) is 15.1. The van der Waals surface area contributed by atoms with Gasteiger partial charge in [0.25, 0.3) is 5.19 Å². The highest BCUT2D eigenvalue weighted by Crippen LogP contribution is 2.34. The summed E-state index contributed by atoms with van der Waals surface area (Å²) in [5.41, 5.74) is 7.36. The molecule has 2 fully saturated rings. The highest BCUT2D eigenvalue weighted by molar-refractivity contribution is 7.20. The van der Waals surface area contributed by atoms with E-state index in [1.54, 1.807) is 12.1 Å². The van der Waals surface area contributed by atoms with E-state index in [9.17, 15) is 9.18 Å². The summed E-state index contributed by atoms with van der Waals surface area (Å²) in [7, 11) is 0. The number of carbonyl (C=O) groups excluding carboxylic acids is 1. The maximum absolute atomic E-state index is 13.8. The Morgan fingerprint density at radius 3 is 2.61 bits per heavy atom. The van der Waals surface area contributed by atoms with Gasteiger partial charge in [-0.1, -0.05) is 29.5 Å². The lowest BCUT2D eigenvalue weighted by atomic mass is 9.82. The van der Waals surface area contributed by atoms with E-state index in [1.165, 1.54) is 23.8 Å². The Morgan fingerprint density at radius 1 is 1.19 bits per heavy atom. The van der Waals surface area contributed by atoms with Gasteiger partial charge in [0.15, 0.2) is 0 Å². The van der Waals surface area contributed by atoms with E-state index in [4.69, 9.17) is 10.5 Å². The second-order valence-corrected chi connectivity index (χ2v) is 9.31. The summed E-state index contributed by atoms with van der Waals surface area (Å²) in [4.78, 5) is 18.0. The predicted octanol–water partition coefficient (Wildman–Crippen LogP) is 4.78. The van der Waals surface area contributed by atoms with Gasteiger partial charge in [-0.3, -0.25) is 0 Å². The molecule has 3 aromatic rings. The zero-order chi connectivity index (χ0) is 21.4. The molecule has 1 aromatic heterocycles. The van der Waals surface area contributed by atoms with Gasteiger partial charge in [-0.15, -0.1) is 0 Å². The highest BCUT2D eigenvalue weighted by atomic mass is 32.1. The minimum atomic E-state index is -0.280. The minimum absolute atomic E-state index is 0.261. The van der Waals surface area contributed by atoms with Crippen LogP contribution >= 0.6 is 11.3 Å². The lowest BCUT2D eigenvalue weighted by Gasteiger charge is -2.48. The van der Waals surface area contributed by atoms with Gasteiger partial charge >= 0.3 is 6.03 Å². The molecule has 5 rings (SSSR count). The van der Waals surface area contributed by atoms with Crippen LogP contribution in [0.2, 0.25) is 0 Å². The van der Waals surface area contributed by atoms with Crippen LogP contribution in [0.15, 0.2) is 42.5 Å². The number of halogens is 1. The van der Waals surface area contributed by atoms with E-state index in [0.29, 0.717) is 27.2 Å². The zero-order valence-corrected chi connectivity index (χ0v) is 17.9. The van der Waals surface area contributed by atoms with Gasteiger partial charge in [0, 0.05) is 24.7 Å². The Balaban J connectivity index is 1.18. The molecule has 6 nitrogen and oxygen atoms in total. The number of aromatic nitrogens is 1. The van der Waals surface area contributed by atoms with Crippen LogP contribution in [0.4, 0.5) is 9.18 Å². The molecule has 1 unspecified atom stereocenters. The summed E-state index contributed by atoms with van der Waals surface area (Å²) in [6.45, 7) is 0.757. The van der Waals surface area contributed by atoms with Crippen molar-refractivity contribution < 1.29 is 13.9 Å². The number of urea groups is 1. The van der Waals surface area contributed by atoms with E-state index < -0.39 is 0 Å². The van der Waals surface area contributed by atoms with E-state index in [0.717, 1.165) is 37.8 Å². The molecular formula is C23H25FN4O2S. The standard InChI is InChI=1S/C23H25FN4O2S/c24-19-5-2-6-20-21(19)31-23(27-20)30-18-9-7-14(8-10-18)13-26-15-11-16-3-1-4-17(12-15)28(16)22(25)29/h2,5-10,15-17,26H,1,3-4,11-13H2,(H2,25,29)/t15?,16-,17+. The van der Waals surface area contributed by atoms with Gasteiger partial charge < -0.3 is 20.7 Å². The smallest absolute Gasteiger partial charge is 0.315 e. The quantitative estimate of drug-likeness (QED) is 0.598. The van der Waals surface area contributed by atoms with Crippen molar-refractivity contribution in [3.63, 3.8) is 0 Å². The van der Waals surface area contributed by atoms with Crippen LogP contribution in [0.1, 0.15) is 37.7 Å². The monoisotopic (exact) mass is 440 g/mol. The molecule has 31 heavy (non-hydrogen) atoms. The molecule has 0 saturated carbocycles. The number of rotatable bonds is 5. The van der Waals surface area contributed by atoms with Crippen LogP contribution in [0, 0.1) is 5.82 Å². The van der Waals surface area contributed by atoms with Crippen molar-refractivity contribution in [1.82, 2.24) is 15.2 Å². The van der Waals surface area contributed by atoms with Crippen molar-refractivity contribution in [2.24, 2.45) is 5.73 Å². The Hall–Kier alpha value is -2.71. The fourth-order valence-corrected chi connectivity index (χ4v) is 5.73. The average Bonchev–Trinajstić information content (AvgIpc) is 3.16. The summed E-state index contributed by atoms with van der Waals surface area (Å²) < 4.78 is 20.2. The number of carbonyl (C=O) groups is 1. The van der Waals surface area contributed by atoms with E-state index in [-0.39, 0.29) is 23.9 Å². The molecule has 8 heteroatoms. The summed E-state index contributed by atoms with van der Waals surface area (Å²) in [6.07, 6.45) is 5.16. The normalized spacial score (nSPS) is 23.1. The summed E-state index contributed by atoms with van der Waals surface area (Å²) in [6, 6.07) is 13.3. The maximum atomic E-state index is 13.8. The van der Waals surface area contributed by atoms with Crippen LogP contribution in [0.5, 0.6) is 10.9 Å². The van der Waals surface area contributed by atoms with Crippen LogP contribution in [0.25, 0.3) is 10.2 Å². The second kappa shape index (κ2) is 8.43. The van der Waals surface area contributed by atoms with Gasteiger partial charge in [-0.25, -0.2) is 14.2 Å². The van der Waals surface area contributed by atoms with Gasteiger partial charge in [0.2, 0.25) is 0 Å². The molecule has 3 atom stereocenters.